The van der Waals surface area contributed by atoms with Crippen LogP contribution in [0.25, 0.3) is 10.6 Å². The first-order chi connectivity index (χ1) is 11.6. The summed E-state index contributed by atoms with van der Waals surface area (Å²) in [5.74, 6) is -0.366. The SMILES string of the molecule is CC(=O)NC(Cc1ccncc1)c1cnc(-c2ccc(F)cc2)s1. The summed E-state index contributed by atoms with van der Waals surface area (Å²) < 4.78 is 13.1. The third-order valence-corrected chi connectivity index (χ3v) is 4.68. The van der Waals surface area contributed by atoms with Gasteiger partial charge in [-0.25, -0.2) is 9.37 Å². The molecule has 24 heavy (non-hydrogen) atoms. The zero-order valence-electron chi connectivity index (χ0n) is 13.1. The molecule has 1 amide bonds. The smallest absolute Gasteiger partial charge is 0.217 e. The van der Waals surface area contributed by atoms with Gasteiger partial charge in [-0.2, -0.15) is 0 Å². The van der Waals surface area contributed by atoms with Crippen molar-refractivity contribution in [3.8, 4) is 10.6 Å². The Balaban J connectivity index is 1.85. The van der Waals surface area contributed by atoms with Gasteiger partial charge in [0.1, 0.15) is 10.8 Å². The van der Waals surface area contributed by atoms with E-state index in [-0.39, 0.29) is 17.8 Å². The summed E-state index contributed by atoms with van der Waals surface area (Å²) in [6, 6.07) is 9.93. The molecule has 3 rings (SSSR count). The molecule has 0 aliphatic carbocycles. The van der Waals surface area contributed by atoms with Gasteiger partial charge >= 0.3 is 0 Å². The minimum absolute atomic E-state index is 0.0919. The number of rotatable bonds is 5. The first-order valence-corrected chi connectivity index (χ1v) is 8.31. The Morgan fingerprint density at radius 3 is 2.58 bits per heavy atom. The number of thiazole rings is 1. The molecule has 122 valence electrons. The Bertz CT molecular complexity index is 818. The molecule has 6 heteroatoms. The summed E-state index contributed by atoms with van der Waals surface area (Å²) in [6.07, 6.45) is 5.89. The van der Waals surface area contributed by atoms with E-state index in [4.69, 9.17) is 0 Å². The van der Waals surface area contributed by atoms with Crippen molar-refractivity contribution in [3.63, 3.8) is 0 Å². The Morgan fingerprint density at radius 2 is 1.92 bits per heavy atom. The van der Waals surface area contributed by atoms with Crippen LogP contribution in [-0.2, 0) is 11.2 Å². The molecule has 0 spiro atoms. The van der Waals surface area contributed by atoms with Crippen molar-refractivity contribution in [2.45, 2.75) is 19.4 Å². The first kappa shape index (κ1) is 16.3. The normalized spacial score (nSPS) is 11.9. The minimum atomic E-state index is -0.274. The molecular weight excluding hydrogens is 325 g/mol. The molecule has 0 aliphatic heterocycles. The van der Waals surface area contributed by atoms with Gasteiger partial charge in [0.15, 0.2) is 0 Å². The molecule has 0 bridgehead atoms. The van der Waals surface area contributed by atoms with Crippen LogP contribution in [0.3, 0.4) is 0 Å². The van der Waals surface area contributed by atoms with Gasteiger partial charge in [-0.3, -0.25) is 9.78 Å². The molecule has 1 unspecified atom stereocenters. The summed E-state index contributed by atoms with van der Waals surface area (Å²) >= 11 is 1.50. The van der Waals surface area contributed by atoms with Crippen molar-refractivity contribution in [1.82, 2.24) is 15.3 Å². The zero-order chi connectivity index (χ0) is 16.9. The molecule has 4 nitrogen and oxygen atoms in total. The number of carbonyl (C=O) groups excluding carboxylic acids is 1. The average Bonchev–Trinajstić information content (AvgIpc) is 3.05. The molecule has 2 heterocycles. The van der Waals surface area contributed by atoms with E-state index in [0.29, 0.717) is 6.42 Å². The lowest BCUT2D eigenvalue weighted by atomic mass is 10.1. The first-order valence-electron chi connectivity index (χ1n) is 7.49. The number of benzene rings is 1. The number of halogens is 1. The van der Waals surface area contributed by atoms with Crippen LogP contribution < -0.4 is 5.32 Å². The lowest BCUT2D eigenvalue weighted by Gasteiger charge is -2.16. The molecule has 3 aromatic rings. The van der Waals surface area contributed by atoms with Gasteiger partial charge in [0.25, 0.3) is 0 Å². The van der Waals surface area contributed by atoms with Crippen molar-refractivity contribution in [3.05, 3.63) is 71.2 Å². The van der Waals surface area contributed by atoms with Crippen molar-refractivity contribution >= 4 is 17.2 Å². The van der Waals surface area contributed by atoms with Crippen molar-refractivity contribution in [2.75, 3.05) is 0 Å². The Labute approximate surface area is 143 Å². The largest absolute Gasteiger partial charge is 0.348 e. The Morgan fingerprint density at radius 1 is 1.21 bits per heavy atom. The number of aromatic nitrogens is 2. The van der Waals surface area contributed by atoms with Crippen LogP contribution in [0.2, 0.25) is 0 Å². The highest BCUT2D eigenvalue weighted by molar-refractivity contribution is 7.15. The summed E-state index contributed by atoms with van der Waals surface area (Å²) in [5.41, 5.74) is 1.94. The van der Waals surface area contributed by atoms with E-state index in [1.54, 1.807) is 30.7 Å². The summed E-state index contributed by atoms with van der Waals surface area (Å²) in [4.78, 5) is 20.9. The number of carbonyl (C=O) groups is 1. The van der Waals surface area contributed by atoms with Gasteiger partial charge in [-0.15, -0.1) is 11.3 Å². The van der Waals surface area contributed by atoms with Crippen molar-refractivity contribution in [1.29, 1.82) is 0 Å². The van der Waals surface area contributed by atoms with Crippen LogP contribution in [0.5, 0.6) is 0 Å². The highest BCUT2D eigenvalue weighted by Crippen LogP contribution is 2.30. The van der Waals surface area contributed by atoms with E-state index in [1.165, 1.54) is 30.4 Å². The minimum Gasteiger partial charge on any atom is -0.348 e. The van der Waals surface area contributed by atoms with Crippen LogP contribution in [0.15, 0.2) is 55.0 Å². The lowest BCUT2D eigenvalue weighted by Crippen LogP contribution is -2.27. The number of nitrogens with one attached hydrogen (secondary N) is 1. The van der Waals surface area contributed by atoms with Gasteiger partial charge in [-0.05, 0) is 48.4 Å². The third-order valence-electron chi connectivity index (χ3n) is 3.52. The maximum absolute atomic E-state index is 13.1. The summed E-state index contributed by atoms with van der Waals surface area (Å²) in [6.45, 7) is 1.50. The van der Waals surface area contributed by atoms with E-state index in [0.717, 1.165) is 21.0 Å². The molecular formula is C18H16FN3OS. The number of hydrogen-bond donors (Lipinski definition) is 1. The average molecular weight is 341 g/mol. The van der Waals surface area contributed by atoms with E-state index in [1.807, 2.05) is 12.1 Å². The fourth-order valence-electron chi connectivity index (χ4n) is 2.40. The molecule has 0 aliphatic rings. The second-order valence-electron chi connectivity index (χ2n) is 5.39. The summed E-state index contributed by atoms with van der Waals surface area (Å²) in [7, 11) is 0. The molecule has 0 saturated heterocycles. The number of amides is 1. The van der Waals surface area contributed by atoms with Crippen molar-refractivity contribution in [2.24, 2.45) is 0 Å². The molecule has 0 radical (unpaired) electrons. The van der Waals surface area contributed by atoms with Gasteiger partial charge in [0, 0.05) is 36.0 Å². The maximum atomic E-state index is 13.1. The van der Waals surface area contributed by atoms with Gasteiger partial charge in [0.05, 0.1) is 6.04 Å². The predicted molar refractivity (Wildman–Crippen MR) is 92.0 cm³/mol. The number of nitrogens with zero attached hydrogens (tertiary/aromatic N) is 2. The molecule has 2 aromatic heterocycles. The number of pyridine rings is 1. The topological polar surface area (TPSA) is 54.9 Å². The quantitative estimate of drug-likeness (QED) is 0.769. The zero-order valence-corrected chi connectivity index (χ0v) is 13.9. The van der Waals surface area contributed by atoms with Crippen LogP contribution >= 0.6 is 11.3 Å². The van der Waals surface area contributed by atoms with Crippen molar-refractivity contribution < 1.29 is 9.18 Å². The van der Waals surface area contributed by atoms with Crippen LogP contribution in [0, 0.1) is 5.82 Å². The third kappa shape index (κ3) is 4.02. The monoisotopic (exact) mass is 341 g/mol. The lowest BCUT2D eigenvalue weighted by molar-refractivity contribution is -0.119. The van der Waals surface area contributed by atoms with Crippen LogP contribution in [0.4, 0.5) is 4.39 Å². The Hall–Kier alpha value is -2.60. The fourth-order valence-corrected chi connectivity index (χ4v) is 3.37. The fraction of sp³-hybridized carbons (Fsp3) is 0.167. The molecule has 1 N–H and O–H groups in total. The van der Waals surface area contributed by atoms with E-state index >= 15 is 0 Å². The molecule has 0 fully saturated rings. The van der Waals surface area contributed by atoms with Crippen LogP contribution in [0.1, 0.15) is 23.4 Å². The van der Waals surface area contributed by atoms with E-state index < -0.39 is 0 Å². The van der Waals surface area contributed by atoms with Gasteiger partial charge in [-0.1, -0.05) is 0 Å². The van der Waals surface area contributed by atoms with E-state index in [2.05, 4.69) is 15.3 Å². The second kappa shape index (κ2) is 7.31. The standard InChI is InChI=1S/C18H16FN3OS/c1-12(23)22-16(10-13-6-8-20-9-7-13)17-11-21-18(24-17)14-2-4-15(19)5-3-14/h2-9,11,16H,10H2,1H3,(H,22,23). The van der Waals surface area contributed by atoms with E-state index in [9.17, 15) is 9.18 Å². The highest BCUT2D eigenvalue weighted by atomic mass is 32.1. The second-order valence-corrected chi connectivity index (χ2v) is 6.45. The molecule has 1 aromatic carbocycles. The van der Waals surface area contributed by atoms with Crippen LogP contribution in [-0.4, -0.2) is 15.9 Å². The van der Waals surface area contributed by atoms with Gasteiger partial charge in [0.2, 0.25) is 5.91 Å². The highest BCUT2D eigenvalue weighted by Gasteiger charge is 2.17. The molecule has 1 atom stereocenters. The maximum Gasteiger partial charge on any atom is 0.217 e. The Kier molecular flexibility index (Phi) is 4.96. The number of hydrogen-bond acceptors (Lipinski definition) is 4. The van der Waals surface area contributed by atoms with Gasteiger partial charge < -0.3 is 5.32 Å². The summed E-state index contributed by atoms with van der Waals surface area (Å²) in [5, 5.41) is 3.77. The molecule has 0 saturated carbocycles. The predicted octanol–water partition coefficient (Wildman–Crippen LogP) is 3.76.